The average molecular weight is 314 g/mol. The maximum absolute atomic E-state index is 6.19. The smallest absolute Gasteiger partial charge is 0.0463 e. The summed E-state index contributed by atoms with van der Waals surface area (Å²) in [7, 11) is 0. The molecule has 2 aromatic carbocycles. The van der Waals surface area contributed by atoms with E-state index in [9.17, 15) is 0 Å². The van der Waals surface area contributed by atoms with Crippen molar-refractivity contribution in [2.24, 2.45) is 5.73 Å². The summed E-state index contributed by atoms with van der Waals surface area (Å²) in [6, 6.07) is 16.4. The molecule has 0 aliphatic rings. The average Bonchev–Trinajstić information content (AvgIpc) is 2.90. The van der Waals surface area contributed by atoms with Crippen LogP contribution in [0.3, 0.4) is 0 Å². The van der Waals surface area contributed by atoms with Crippen LogP contribution in [0.5, 0.6) is 0 Å². The van der Waals surface area contributed by atoms with Crippen molar-refractivity contribution in [3.8, 4) is 11.1 Å². The molecule has 22 heavy (non-hydrogen) atoms. The zero-order chi connectivity index (χ0) is 15.4. The molecule has 0 spiro atoms. The molecule has 0 saturated carbocycles. The molecule has 3 rings (SSSR count). The van der Waals surface area contributed by atoms with Gasteiger partial charge in [0.05, 0.1) is 0 Å². The van der Waals surface area contributed by atoms with E-state index in [1.54, 1.807) is 0 Å². The van der Waals surface area contributed by atoms with Crippen LogP contribution in [0, 0.1) is 0 Å². The molecule has 3 aromatic rings. The second-order valence-electron chi connectivity index (χ2n) is 5.32. The minimum absolute atomic E-state index is 0.661. The highest BCUT2D eigenvalue weighted by atomic mass is 35.5. The Kier molecular flexibility index (Phi) is 4.78. The third-order valence-electron chi connectivity index (χ3n) is 3.77. The number of aromatic amines is 1. The molecular weight excluding hydrogens is 294 g/mol. The summed E-state index contributed by atoms with van der Waals surface area (Å²) in [5.74, 6) is 0. The zero-order valence-electron chi connectivity index (χ0n) is 12.4. The van der Waals surface area contributed by atoms with E-state index in [4.69, 9.17) is 17.3 Å². The lowest BCUT2D eigenvalue weighted by Crippen LogP contribution is -2.24. The largest absolute Gasteiger partial charge is 0.358 e. The van der Waals surface area contributed by atoms with Crippen molar-refractivity contribution < 1.29 is 0 Å². The van der Waals surface area contributed by atoms with Gasteiger partial charge in [-0.3, -0.25) is 0 Å². The number of benzene rings is 2. The summed E-state index contributed by atoms with van der Waals surface area (Å²) in [5, 5.41) is 5.28. The summed E-state index contributed by atoms with van der Waals surface area (Å²) in [5.41, 5.74) is 10.3. The van der Waals surface area contributed by atoms with Gasteiger partial charge >= 0.3 is 0 Å². The highest BCUT2D eigenvalue weighted by Gasteiger charge is 2.13. The molecule has 0 bridgehead atoms. The maximum Gasteiger partial charge on any atom is 0.0463 e. The van der Waals surface area contributed by atoms with Gasteiger partial charge in [-0.25, -0.2) is 0 Å². The topological polar surface area (TPSA) is 53.8 Å². The quantitative estimate of drug-likeness (QED) is 0.609. The van der Waals surface area contributed by atoms with Crippen LogP contribution in [0.4, 0.5) is 0 Å². The first-order valence-electron chi connectivity index (χ1n) is 7.56. The van der Waals surface area contributed by atoms with Crippen LogP contribution in [-0.2, 0) is 6.42 Å². The van der Waals surface area contributed by atoms with Crippen molar-refractivity contribution in [3.05, 3.63) is 59.2 Å². The first-order valence-corrected chi connectivity index (χ1v) is 7.93. The number of hydrogen-bond acceptors (Lipinski definition) is 2. The van der Waals surface area contributed by atoms with Gasteiger partial charge in [0.15, 0.2) is 0 Å². The van der Waals surface area contributed by atoms with E-state index in [-0.39, 0.29) is 0 Å². The second kappa shape index (κ2) is 6.97. The molecule has 1 heterocycles. The number of nitrogens with one attached hydrogen (secondary N) is 2. The number of H-pyrrole nitrogens is 1. The van der Waals surface area contributed by atoms with E-state index in [0.717, 1.165) is 30.0 Å². The second-order valence-corrected chi connectivity index (χ2v) is 5.76. The molecule has 0 aliphatic carbocycles. The Morgan fingerprint density at radius 2 is 1.86 bits per heavy atom. The standard InChI is InChI=1S/C18H20ClN3/c19-14-6-7-16-15(12-14)18(13-4-2-1-3-5-13)17(22-16)8-10-21-11-9-20/h1-7,12,21-22H,8-11,20H2. The Balaban J connectivity index is 2.02. The van der Waals surface area contributed by atoms with Gasteiger partial charge in [0.1, 0.15) is 0 Å². The fourth-order valence-corrected chi connectivity index (χ4v) is 2.95. The summed E-state index contributed by atoms with van der Waals surface area (Å²) in [6.07, 6.45) is 0.927. The Labute approximate surface area is 135 Å². The number of rotatable bonds is 6. The predicted molar refractivity (Wildman–Crippen MR) is 94.4 cm³/mol. The summed E-state index contributed by atoms with van der Waals surface area (Å²) in [4.78, 5) is 3.54. The molecule has 4 N–H and O–H groups in total. The maximum atomic E-state index is 6.19. The molecule has 3 nitrogen and oxygen atoms in total. The molecule has 0 amide bonds. The SMILES string of the molecule is NCCNCCc1[nH]c2ccc(Cl)cc2c1-c1ccccc1. The van der Waals surface area contributed by atoms with E-state index in [0.29, 0.717) is 6.54 Å². The number of halogens is 1. The normalized spacial score (nSPS) is 11.2. The van der Waals surface area contributed by atoms with Gasteiger partial charge < -0.3 is 16.0 Å². The molecule has 0 unspecified atom stereocenters. The van der Waals surface area contributed by atoms with Gasteiger partial charge in [-0.2, -0.15) is 0 Å². The first kappa shape index (κ1) is 15.1. The third-order valence-corrected chi connectivity index (χ3v) is 4.01. The lowest BCUT2D eigenvalue weighted by Gasteiger charge is -2.06. The predicted octanol–water partition coefficient (Wildman–Crippen LogP) is 3.58. The summed E-state index contributed by atoms with van der Waals surface area (Å²) in [6.45, 7) is 2.40. The number of hydrogen-bond donors (Lipinski definition) is 3. The fraction of sp³-hybridized carbons (Fsp3) is 0.222. The van der Waals surface area contributed by atoms with Crippen LogP contribution in [0.15, 0.2) is 48.5 Å². The molecule has 1 aromatic heterocycles. The van der Waals surface area contributed by atoms with Gasteiger partial charge in [-0.1, -0.05) is 41.9 Å². The fourth-order valence-electron chi connectivity index (χ4n) is 2.78. The molecule has 0 aliphatic heterocycles. The van der Waals surface area contributed by atoms with Crippen molar-refractivity contribution >= 4 is 22.5 Å². The Morgan fingerprint density at radius 1 is 1.05 bits per heavy atom. The summed E-state index contributed by atoms with van der Waals surface area (Å²) >= 11 is 6.19. The number of fused-ring (bicyclic) bond motifs is 1. The Hall–Kier alpha value is -1.81. The molecule has 0 saturated heterocycles. The minimum Gasteiger partial charge on any atom is -0.358 e. The van der Waals surface area contributed by atoms with Crippen LogP contribution in [-0.4, -0.2) is 24.6 Å². The van der Waals surface area contributed by atoms with Crippen LogP contribution in [0.1, 0.15) is 5.69 Å². The molecule has 4 heteroatoms. The molecular formula is C18H20ClN3. The van der Waals surface area contributed by atoms with Crippen LogP contribution in [0.2, 0.25) is 5.02 Å². The monoisotopic (exact) mass is 313 g/mol. The van der Waals surface area contributed by atoms with Crippen LogP contribution >= 0.6 is 11.6 Å². The highest BCUT2D eigenvalue weighted by molar-refractivity contribution is 6.31. The molecule has 114 valence electrons. The molecule has 0 atom stereocenters. The highest BCUT2D eigenvalue weighted by Crippen LogP contribution is 2.34. The molecule has 0 radical (unpaired) electrons. The van der Waals surface area contributed by atoms with Crippen LogP contribution < -0.4 is 11.1 Å². The van der Waals surface area contributed by atoms with Gasteiger partial charge in [-0.15, -0.1) is 0 Å². The van der Waals surface area contributed by atoms with Crippen LogP contribution in [0.25, 0.3) is 22.0 Å². The van der Waals surface area contributed by atoms with Crippen molar-refractivity contribution in [3.63, 3.8) is 0 Å². The third kappa shape index (κ3) is 3.17. The van der Waals surface area contributed by atoms with Crippen molar-refractivity contribution in [2.75, 3.05) is 19.6 Å². The number of aromatic nitrogens is 1. The number of nitrogens with two attached hydrogens (primary N) is 1. The van der Waals surface area contributed by atoms with E-state index in [2.05, 4.69) is 34.6 Å². The van der Waals surface area contributed by atoms with Gasteiger partial charge in [-0.05, 0) is 23.8 Å². The van der Waals surface area contributed by atoms with E-state index >= 15 is 0 Å². The lowest BCUT2D eigenvalue weighted by molar-refractivity contribution is 0.685. The zero-order valence-corrected chi connectivity index (χ0v) is 13.2. The van der Waals surface area contributed by atoms with E-state index < -0.39 is 0 Å². The van der Waals surface area contributed by atoms with E-state index in [1.165, 1.54) is 22.2 Å². The van der Waals surface area contributed by atoms with Gasteiger partial charge in [0.2, 0.25) is 0 Å². The van der Waals surface area contributed by atoms with Gasteiger partial charge in [0, 0.05) is 53.2 Å². The molecule has 0 fully saturated rings. The van der Waals surface area contributed by atoms with Crippen molar-refractivity contribution in [1.29, 1.82) is 0 Å². The van der Waals surface area contributed by atoms with E-state index in [1.807, 2.05) is 24.3 Å². The Morgan fingerprint density at radius 3 is 2.64 bits per heavy atom. The lowest BCUT2D eigenvalue weighted by atomic mass is 10.0. The summed E-state index contributed by atoms with van der Waals surface area (Å²) < 4.78 is 0. The minimum atomic E-state index is 0.661. The van der Waals surface area contributed by atoms with Crippen molar-refractivity contribution in [2.45, 2.75) is 6.42 Å². The first-order chi connectivity index (χ1) is 10.8. The van der Waals surface area contributed by atoms with Gasteiger partial charge in [0.25, 0.3) is 0 Å². The Bertz CT molecular complexity index is 750. The van der Waals surface area contributed by atoms with Crippen molar-refractivity contribution in [1.82, 2.24) is 10.3 Å².